The van der Waals surface area contributed by atoms with E-state index in [-0.39, 0.29) is 5.69 Å². The number of aryl methyl sites for hydroxylation is 1. The molecule has 1 aromatic heterocycles. The van der Waals surface area contributed by atoms with Gasteiger partial charge in [-0.2, -0.15) is 0 Å². The van der Waals surface area contributed by atoms with Crippen LogP contribution in [0.3, 0.4) is 0 Å². The van der Waals surface area contributed by atoms with Crippen LogP contribution in [0.1, 0.15) is 47.3 Å². The number of aliphatic hydroxyl groups excluding tert-OH is 1. The molecule has 0 aliphatic rings. The van der Waals surface area contributed by atoms with Crippen molar-refractivity contribution in [3.63, 3.8) is 0 Å². The van der Waals surface area contributed by atoms with Gasteiger partial charge in [-0.05, 0) is 44.9 Å². The Morgan fingerprint density at radius 2 is 1.63 bits per heavy atom. The van der Waals surface area contributed by atoms with E-state index in [4.69, 9.17) is 4.74 Å². The van der Waals surface area contributed by atoms with Crippen LogP contribution in [0, 0.1) is 13.8 Å². The molecule has 156 valence electrons. The van der Waals surface area contributed by atoms with E-state index < -0.39 is 24.1 Å². The molecular formula is C24H26N2O4. The summed E-state index contributed by atoms with van der Waals surface area (Å²) >= 11 is 0. The molecular weight excluding hydrogens is 380 g/mol. The molecule has 3 N–H and O–H groups in total. The molecule has 0 bridgehead atoms. The van der Waals surface area contributed by atoms with Gasteiger partial charge < -0.3 is 20.1 Å². The first kappa shape index (κ1) is 21.3. The second kappa shape index (κ2) is 8.97. The molecule has 0 aliphatic heterocycles. The summed E-state index contributed by atoms with van der Waals surface area (Å²) in [4.78, 5) is 28.2. The van der Waals surface area contributed by atoms with E-state index in [1.54, 1.807) is 20.8 Å². The zero-order valence-electron chi connectivity index (χ0n) is 17.5. The number of H-pyrrole nitrogens is 1. The Morgan fingerprint density at radius 1 is 1.00 bits per heavy atom. The molecule has 0 radical (unpaired) electrons. The molecule has 0 spiro atoms. The molecule has 0 saturated heterocycles. The smallest absolute Gasteiger partial charge is 0.355 e. The van der Waals surface area contributed by atoms with E-state index in [2.05, 4.69) is 10.3 Å². The number of hydrogen-bond donors (Lipinski definition) is 3. The number of para-hydroxylation sites is 1. The quantitative estimate of drug-likeness (QED) is 0.524. The lowest BCUT2D eigenvalue weighted by molar-refractivity contribution is -0.123. The molecule has 6 nitrogen and oxygen atoms in total. The molecule has 0 saturated carbocycles. The van der Waals surface area contributed by atoms with E-state index in [0.717, 1.165) is 11.1 Å². The van der Waals surface area contributed by atoms with E-state index in [1.807, 2.05) is 54.6 Å². The highest BCUT2D eigenvalue weighted by atomic mass is 16.5. The molecule has 1 amide bonds. The number of anilines is 1. The average molecular weight is 406 g/mol. The lowest BCUT2D eigenvalue weighted by Gasteiger charge is -2.16. The fourth-order valence-electron chi connectivity index (χ4n) is 3.56. The van der Waals surface area contributed by atoms with Gasteiger partial charge in [-0.1, -0.05) is 48.5 Å². The summed E-state index contributed by atoms with van der Waals surface area (Å²) in [5.41, 5.74) is 4.71. The van der Waals surface area contributed by atoms with Crippen molar-refractivity contribution in [2.75, 3.05) is 5.32 Å². The maximum Gasteiger partial charge on any atom is 0.355 e. The van der Waals surface area contributed by atoms with Crippen LogP contribution in [0.5, 0.6) is 0 Å². The third-order valence-corrected chi connectivity index (χ3v) is 5.04. The third kappa shape index (κ3) is 4.44. The number of esters is 1. The SMILES string of the molecule is Cc1[nH]c(C(=O)O[C@H](C)C(=O)Nc2ccccc2-c2ccccc2)c(C)c1[C@H](C)O. The van der Waals surface area contributed by atoms with Gasteiger partial charge >= 0.3 is 5.97 Å². The van der Waals surface area contributed by atoms with Gasteiger partial charge in [0.25, 0.3) is 5.91 Å². The number of benzene rings is 2. The van der Waals surface area contributed by atoms with Gasteiger partial charge in [-0.15, -0.1) is 0 Å². The van der Waals surface area contributed by atoms with Crippen molar-refractivity contribution in [1.29, 1.82) is 0 Å². The number of nitrogens with one attached hydrogen (secondary N) is 2. The molecule has 0 fully saturated rings. The average Bonchev–Trinajstić information content (AvgIpc) is 3.03. The van der Waals surface area contributed by atoms with Crippen LogP contribution in [-0.2, 0) is 9.53 Å². The van der Waals surface area contributed by atoms with Crippen LogP contribution < -0.4 is 5.32 Å². The molecule has 3 rings (SSSR count). The number of ether oxygens (including phenoxy) is 1. The lowest BCUT2D eigenvalue weighted by Crippen LogP contribution is -2.30. The summed E-state index contributed by atoms with van der Waals surface area (Å²) in [5.74, 6) is -1.06. The standard InChI is InChI=1S/C24H26N2O4/c1-14-21(16(3)27)15(2)25-22(14)24(29)30-17(4)23(28)26-20-13-9-8-12-19(20)18-10-6-5-7-11-18/h5-13,16-17,25,27H,1-4H3,(H,26,28)/t16-,17+/m0/s1. The van der Waals surface area contributed by atoms with Gasteiger partial charge in [0.2, 0.25) is 0 Å². The van der Waals surface area contributed by atoms with Crippen molar-refractivity contribution in [2.24, 2.45) is 0 Å². The van der Waals surface area contributed by atoms with Crippen LogP contribution in [0.25, 0.3) is 11.1 Å². The molecule has 0 unspecified atom stereocenters. The zero-order chi connectivity index (χ0) is 21.8. The van der Waals surface area contributed by atoms with Crippen LogP contribution in [-0.4, -0.2) is 28.1 Å². The number of carbonyl (C=O) groups is 2. The molecule has 6 heteroatoms. The van der Waals surface area contributed by atoms with Crippen LogP contribution in [0.15, 0.2) is 54.6 Å². The summed E-state index contributed by atoms with van der Waals surface area (Å²) in [7, 11) is 0. The second-order valence-corrected chi connectivity index (χ2v) is 7.29. The number of rotatable bonds is 6. The van der Waals surface area contributed by atoms with Crippen molar-refractivity contribution in [1.82, 2.24) is 4.98 Å². The number of hydrogen-bond acceptors (Lipinski definition) is 4. The minimum atomic E-state index is -1.00. The predicted molar refractivity (Wildman–Crippen MR) is 116 cm³/mol. The van der Waals surface area contributed by atoms with Crippen molar-refractivity contribution in [3.05, 3.63) is 77.1 Å². The molecule has 2 aromatic carbocycles. The van der Waals surface area contributed by atoms with Gasteiger partial charge in [0, 0.05) is 22.5 Å². The zero-order valence-corrected chi connectivity index (χ0v) is 17.5. The first-order chi connectivity index (χ1) is 14.3. The summed E-state index contributed by atoms with van der Waals surface area (Å²) in [6.45, 7) is 6.68. The maximum atomic E-state index is 12.7. The molecule has 1 heterocycles. The number of carbonyl (C=O) groups excluding carboxylic acids is 2. The largest absolute Gasteiger partial charge is 0.448 e. The number of aliphatic hydroxyl groups is 1. The van der Waals surface area contributed by atoms with Crippen molar-refractivity contribution in [2.45, 2.75) is 39.9 Å². The monoisotopic (exact) mass is 406 g/mol. The lowest BCUT2D eigenvalue weighted by atomic mass is 10.0. The van der Waals surface area contributed by atoms with Crippen LogP contribution in [0.4, 0.5) is 5.69 Å². The second-order valence-electron chi connectivity index (χ2n) is 7.29. The van der Waals surface area contributed by atoms with E-state index >= 15 is 0 Å². The van der Waals surface area contributed by atoms with Gasteiger partial charge in [-0.25, -0.2) is 4.79 Å². The topological polar surface area (TPSA) is 91.4 Å². The van der Waals surface area contributed by atoms with E-state index in [1.165, 1.54) is 6.92 Å². The summed E-state index contributed by atoms with van der Waals surface area (Å²) in [5, 5.41) is 12.7. The molecule has 0 aliphatic carbocycles. The first-order valence-corrected chi connectivity index (χ1v) is 9.83. The highest BCUT2D eigenvalue weighted by Crippen LogP contribution is 2.28. The Labute approximate surface area is 175 Å². The van der Waals surface area contributed by atoms with Crippen molar-refractivity contribution in [3.8, 4) is 11.1 Å². The van der Waals surface area contributed by atoms with E-state index in [9.17, 15) is 14.7 Å². The van der Waals surface area contributed by atoms with Gasteiger partial charge in [0.1, 0.15) is 5.69 Å². The number of amides is 1. The third-order valence-electron chi connectivity index (χ3n) is 5.04. The highest BCUT2D eigenvalue weighted by molar-refractivity contribution is 6.00. The maximum absolute atomic E-state index is 12.7. The predicted octanol–water partition coefficient (Wildman–Crippen LogP) is 4.54. The normalized spacial score (nSPS) is 12.8. The summed E-state index contributed by atoms with van der Waals surface area (Å²) < 4.78 is 5.38. The van der Waals surface area contributed by atoms with Crippen LogP contribution in [0.2, 0.25) is 0 Å². The Balaban J connectivity index is 1.74. The minimum Gasteiger partial charge on any atom is -0.448 e. The Kier molecular flexibility index (Phi) is 6.37. The first-order valence-electron chi connectivity index (χ1n) is 9.83. The fraction of sp³-hybridized carbons (Fsp3) is 0.250. The van der Waals surface area contributed by atoms with Crippen LogP contribution >= 0.6 is 0 Å². The highest BCUT2D eigenvalue weighted by Gasteiger charge is 2.25. The number of aromatic nitrogens is 1. The molecule has 3 aromatic rings. The van der Waals surface area contributed by atoms with Gasteiger partial charge in [-0.3, -0.25) is 4.79 Å². The Bertz CT molecular complexity index is 1050. The Hall–Kier alpha value is -3.38. The summed E-state index contributed by atoms with van der Waals surface area (Å²) in [6.07, 6.45) is -1.71. The fourth-order valence-corrected chi connectivity index (χ4v) is 3.56. The van der Waals surface area contributed by atoms with Gasteiger partial charge in [0.15, 0.2) is 6.10 Å². The molecule has 2 atom stereocenters. The van der Waals surface area contributed by atoms with Crippen molar-refractivity contribution >= 4 is 17.6 Å². The number of aromatic amines is 1. The minimum absolute atomic E-state index is 0.243. The Morgan fingerprint density at radius 3 is 2.27 bits per heavy atom. The van der Waals surface area contributed by atoms with E-state index in [0.29, 0.717) is 22.5 Å². The van der Waals surface area contributed by atoms with Gasteiger partial charge in [0.05, 0.1) is 6.10 Å². The molecule has 30 heavy (non-hydrogen) atoms. The van der Waals surface area contributed by atoms with Crippen molar-refractivity contribution < 1.29 is 19.4 Å². The summed E-state index contributed by atoms with van der Waals surface area (Å²) in [6, 6.07) is 17.2.